The first kappa shape index (κ1) is 16.0. The Hall–Kier alpha value is -1.89. The van der Waals surface area contributed by atoms with Gasteiger partial charge in [0, 0.05) is 35.6 Å². The van der Waals surface area contributed by atoms with Crippen LogP contribution in [0.3, 0.4) is 0 Å². The minimum atomic E-state index is -0.306. The molecule has 2 aromatic heterocycles. The van der Waals surface area contributed by atoms with E-state index in [1.165, 1.54) is 6.07 Å². The third kappa shape index (κ3) is 2.97. The zero-order valence-corrected chi connectivity index (χ0v) is 14.8. The number of halogens is 1. The molecule has 3 aromatic rings. The average molecular weight is 421 g/mol. The van der Waals surface area contributed by atoms with Crippen LogP contribution in [0.25, 0.3) is 11.0 Å². The van der Waals surface area contributed by atoms with Crippen LogP contribution >= 0.6 is 0 Å². The smallest absolute Gasteiger partial charge is 0.336 e. The minimum Gasteiger partial charge on any atom is -1.00 e. The van der Waals surface area contributed by atoms with E-state index < -0.39 is 0 Å². The van der Waals surface area contributed by atoms with Crippen molar-refractivity contribution in [2.24, 2.45) is 0 Å². The molecule has 1 aliphatic rings. The molecule has 0 N–H and O–H groups in total. The molecule has 0 bridgehead atoms. The van der Waals surface area contributed by atoms with E-state index in [1.54, 1.807) is 0 Å². The van der Waals surface area contributed by atoms with Gasteiger partial charge < -0.3 is 33.1 Å². The summed E-state index contributed by atoms with van der Waals surface area (Å²) in [7, 11) is 0. The fraction of sp³-hybridized carbons (Fsp3) is 0.222. The zero-order valence-electron chi connectivity index (χ0n) is 12.7. The minimum absolute atomic E-state index is 0. The fourth-order valence-electron chi connectivity index (χ4n) is 3.07. The molecule has 3 heterocycles. The molecule has 4 rings (SSSR count). The number of hydrogen-bond acceptors (Lipinski definition) is 3. The van der Waals surface area contributed by atoms with E-state index in [1.807, 2.05) is 49.6 Å². The summed E-state index contributed by atoms with van der Waals surface area (Å²) in [6.07, 6.45) is 4.85. The summed E-state index contributed by atoms with van der Waals surface area (Å²) in [6.45, 7) is 2.70. The SMILES string of the molecule is Cc1cc(=O)oc2c3c(ccc12)OC(C[n+]1ccccc1)C3.[I-]. The third-order valence-electron chi connectivity index (χ3n) is 4.10. The lowest BCUT2D eigenvalue weighted by molar-refractivity contribution is -0.702. The predicted molar refractivity (Wildman–Crippen MR) is 82.0 cm³/mol. The molecular weight excluding hydrogens is 405 g/mol. The maximum absolute atomic E-state index is 11.7. The number of rotatable bonds is 2. The average Bonchev–Trinajstić information content (AvgIpc) is 2.91. The van der Waals surface area contributed by atoms with Crippen LogP contribution in [-0.2, 0) is 13.0 Å². The third-order valence-corrected chi connectivity index (χ3v) is 4.10. The van der Waals surface area contributed by atoms with E-state index in [4.69, 9.17) is 9.15 Å². The van der Waals surface area contributed by atoms with Crippen molar-refractivity contribution >= 4 is 11.0 Å². The van der Waals surface area contributed by atoms with E-state index in [-0.39, 0.29) is 35.7 Å². The van der Waals surface area contributed by atoms with Gasteiger partial charge in [0.15, 0.2) is 25.0 Å². The van der Waals surface area contributed by atoms with Crippen molar-refractivity contribution in [2.75, 3.05) is 0 Å². The molecule has 5 heteroatoms. The molecule has 0 fully saturated rings. The number of ether oxygens (including phenoxy) is 1. The Kier molecular flexibility index (Phi) is 4.39. The monoisotopic (exact) mass is 421 g/mol. The number of aromatic nitrogens is 1. The van der Waals surface area contributed by atoms with Crippen LogP contribution in [-0.4, -0.2) is 6.10 Å². The van der Waals surface area contributed by atoms with E-state index in [2.05, 4.69) is 4.57 Å². The molecule has 4 nitrogen and oxygen atoms in total. The van der Waals surface area contributed by atoms with Gasteiger partial charge in [-0.05, 0) is 24.6 Å². The van der Waals surface area contributed by atoms with Crippen molar-refractivity contribution in [1.82, 2.24) is 0 Å². The number of fused-ring (bicyclic) bond motifs is 3. The molecule has 0 amide bonds. The molecule has 0 radical (unpaired) electrons. The lowest BCUT2D eigenvalue weighted by Gasteiger charge is -2.06. The summed E-state index contributed by atoms with van der Waals surface area (Å²) < 4.78 is 13.6. The summed E-state index contributed by atoms with van der Waals surface area (Å²) in [6, 6.07) is 11.5. The van der Waals surface area contributed by atoms with Crippen LogP contribution in [0, 0.1) is 6.92 Å². The van der Waals surface area contributed by atoms with Gasteiger partial charge >= 0.3 is 5.63 Å². The molecule has 1 aromatic carbocycles. The topological polar surface area (TPSA) is 43.3 Å². The predicted octanol–water partition coefficient (Wildman–Crippen LogP) is -0.603. The van der Waals surface area contributed by atoms with Gasteiger partial charge in [0.25, 0.3) is 0 Å². The van der Waals surface area contributed by atoms with Gasteiger partial charge in [-0.25, -0.2) is 9.36 Å². The highest BCUT2D eigenvalue weighted by molar-refractivity contribution is 5.85. The summed E-state index contributed by atoms with van der Waals surface area (Å²) in [5.41, 5.74) is 2.30. The second-order valence-corrected chi connectivity index (χ2v) is 5.68. The quantitative estimate of drug-likeness (QED) is 0.316. The Morgan fingerprint density at radius 2 is 2.00 bits per heavy atom. The Labute approximate surface area is 150 Å². The first-order valence-electron chi connectivity index (χ1n) is 7.38. The molecule has 0 spiro atoms. The lowest BCUT2D eigenvalue weighted by atomic mass is 10.0. The van der Waals surface area contributed by atoms with Crippen molar-refractivity contribution in [3.8, 4) is 5.75 Å². The fourth-order valence-corrected chi connectivity index (χ4v) is 3.07. The van der Waals surface area contributed by atoms with Crippen molar-refractivity contribution < 1.29 is 37.7 Å². The van der Waals surface area contributed by atoms with E-state index >= 15 is 0 Å². The van der Waals surface area contributed by atoms with Crippen LogP contribution in [0.1, 0.15) is 11.1 Å². The highest BCUT2D eigenvalue weighted by Gasteiger charge is 2.29. The normalized spacial score (nSPS) is 15.8. The Morgan fingerprint density at radius 3 is 2.78 bits per heavy atom. The van der Waals surface area contributed by atoms with Gasteiger partial charge in [-0.15, -0.1) is 0 Å². The number of pyridine rings is 1. The largest absolute Gasteiger partial charge is 1.00 e. The summed E-state index contributed by atoms with van der Waals surface area (Å²) in [5.74, 6) is 0.822. The Balaban J connectivity index is 0.00000156. The zero-order chi connectivity index (χ0) is 15.1. The Bertz CT molecular complexity index is 905. The molecule has 1 aliphatic heterocycles. The van der Waals surface area contributed by atoms with Gasteiger partial charge in [-0.3, -0.25) is 0 Å². The highest BCUT2D eigenvalue weighted by Crippen LogP contribution is 2.35. The van der Waals surface area contributed by atoms with Crippen molar-refractivity contribution in [1.29, 1.82) is 0 Å². The number of benzene rings is 1. The maximum Gasteiger partial charge on any atom is 0.336 e. The van der Waals surface area contributed by atoms with Crippen LogP contribution in [0.15, 0.2) is 58.0 Å². The molecule has 1 unspecified atom stereocenters. The van der Waals surface area contributed by atoms with Crippen molar-refractivity contribution in [3.05, 3.63) is 70.3 Å². The second kappa shape index (κ2) is 6.31. The molecule has 0 saturated carbocycles. The second-order valence-electron chi connectivity index (χ2n) is 5.68. The van der Waals surface area contributed by atoms with E-state index in [0.29, 0.717) is 5.58 Å². The molecular formula is C18H16INO3. The number of nitrogens with zero attached hydrogens (tertiary/aromatic N) is 1. The first-order chi connectivity index (χ1) is 10.7. The van der Waals surface area contributed by atoms with E-state index in [0.717, 1.165) is 35.2 Å². The summed E-state index contributed by atoms with van der Waals surface area (Å²) in [5, 5.41) is 0.981. The Morgan fingerprint density at radius 1 is 1.22 bits per heavy atom. The van der Waals surface area contributed by atoms with Crippen LogP contribution in [0.4, 0.5) is 0 Å². The number of aryl methyl sites for hydroxylation is 1. The van der Waals surface area contributed by atoms with Gasteiger partial charge in [0.05, 0.1) is 0 Å². The maximum atomic E-state index is 11.7. The molecule has 23 heavy (non-hydrogen) atoms. The van der Waals surface area contributed by atoms with Gasteiger partial charge in [-0.1, -0.05) is 6.07 Å². The molecule has 1 atom stereocenters. The van der Waals surface area contributed by atoms with Gasteiger partial charge in [0.1, 0.15) is 11.3 Å². The van der Waals surface area contributed by atoms with Crippen LogP contribution in [0.5, 0.6) is 5.75 Å². The van der Waals surface area contributed by atoms with Gasteiger partial charge in [0.2, 0.25) is 0 Å². The van der Waals surface area contributed by atoms with Crippen molar-refractivity contribution in [3.63, 3.8) is 0 Å². The van der Waals surface area contributed by atoms with Gasteiger partial charge in [-0.2, -0.15) is 0 Å². The molecule has 0 saturated heterocycles. The van der Waals surface area contributed by atoms with Crippen molar-refractivity contribution in [2.45, 2.75) is 26.0 Å². The molecule has 0 aliphatic carbocycles. The van der Waals surface area contributed by atoms with E-state index in [9.17, 15) is 4.79 Å². The lowest BCUT2D eigenvalue weighted by Crippen LogP contribution is -3.00. The first-order valence-corrected chi connectivity index (χ1v) is 7.38. The van der Waals surface area contributed by atoms with Crippen LogP contribution < -0.4 is 38.9 Å². The number of hydrogen-bond donors (Lipinski definition) is 0. The summed E-state index contributed by atoms with van der Waals surface area (Å²) >= 11 is 0. The van der Waals surface area contributed by atoms with Crippen LogP contribution in [0.2, 0.25) is 0 Å². The standard InChI is InChI=1S/C18H16NO3.HI/c1-12-9-17(20)22-18-14(12)5-6-16-15(18)10-13(21-16)11-19-7-3-2-4-8-19;/h2-9,13H,10-11H2,1H3;1H/q+1;/p-1. The summed E-state index contributed by atoms with van der Waals surface area (Å²) in [4.78, 5) is 11.7. The highest BCUT2D eigenvalue weighted by atomic mass is 127. The molecule has 118 valence electrons.